The van der Waals surface area contributed by atoms with Crippen molar-refractivity contribution in [2.45, 2.75) is 135 Å². The van der Waals surface area contributed by atoms with E-state index in [1.807, 2.05) is 0 Å². The van der Waals surface area contributed by atoms with E-state index in [-0.39, 0.29) is 0 Å². The maximum absolute atomic E-state index is 12.5. The fourth-order valence-electron chi connectivity index (χ4n) is 5.50. The molecule has 0 aromatic heterocycles. The SMILES string of the molecule is CCCCCCCCCCCCCCCCCCCC[N+]1(C)CCCC1.O=C([O-])c1c(F)c(F)c(F)c(F)c1F. The Labute approximate surface area is 239 Å². The van der Waals surface area contributed by atoms with Crippen LogP contribution in [0.3, 0.4) is 0 Å². The van der Waals surface area contributed by atoms with Crippen LogP contribution in [0.5, 0.6) is 0 Å². The number of unbranched alkanes of at least 4 members (excludes halogenated alkanes) is 17. The first-order valence-electron chi connectivity index (χ1n) is 15.7. The van der Waals surface area contributed by atoms with Gasteiger partial charge in [0.05, 0.1) is 38.2 Å². The molecule has 0 spiro atoms. The summed E-state index contributed by atoms with van der Waals surface area (Å²) >= 11 is 0. The molecule has 3 nitrogen and oxygen atoms in total. The van der Waals surface area contributed by atoms with Crippen LogP contribution in [0.2, 0.25) is 0 Å². The van der Waals surface area contributed by atoms with Crippen LogP contribution in [0.15, 0.2) is 0 Å². The second-order valence-electron chi connectivity index (χ2n) is 11.7. The number of likely N-dealkylation sites (tertiary alicyclic amines) is 1. The molecule has 2 rings (SSSR count). The zero-order chi connectivity index (χ0) is 29.8. The summed E-state index contributed by atoms with van der Waals surface area (Å²) in [4.78, 5) is 10.0. The number of carbonyl (C=O) groups is 1. The van der Waals surface area contributed by atoms with Gasteiger partial charge in [-0.3, -0.25) is 0 Å². The Kier molecular flexibility index (Phi) is 19.1. The molecule has 0 amide bonds. The van der Waals surface area contributed by atoms with Gasteiger partial charge in [-0.05, 0) is 12.8 Å². The minimum atomic E-state index is -2.47. The van der Waals surface area contributed by atoms with Crippen molar-refractivity contribution in [3.63, 3.8) is 0 Å². The summed E-state index contributed by atoms with van der Waals surface area (Å²) in [6.45, 7) is 6.63. The second kappa shape index (κ2) is 21.1. The highest BCUT2D eigenvalue weighted by atomic mass is 19.2. The number of carbonyl (C=O) groups excluding carboxylic acids is 1. The van der Waals surface area contributed by atoms with Crippen LogP contribution in [-0.4, -0.2) is 37.1 Å². The highest BCUT2D eigenvalue weighted by molar-refractivity contribution is 5.86. The average Bonchev–Trinajstić information content (AvgIpc) is 3.36. The third kappa shape index (κ3) is 14.3. The number of hydrogen-bond donors (Lipinski definition) is 0. The fraction of sp³-hybridized carbons (Fsp3) is 0.781. The minimum Gasteiger partial charge on any atom is -0.545 e. The van der Waals surface area contributed by atoms with Crippen molar-refractivity contribution >= 4 is 5.97 Å². The van der Waals surface area contributed by atoms with Crippen molar-refractivity contribution in [1.29, 1.82) is 0 Å². The van der Waals surface area contributed by atoms with E-state index in [1.165, 1.54) is 153 Å². The zero-order valence-electron chi connectivity index (χ0n) is 24.9. The number of benzene rings is 1. The normalized spacial score (nSPS) is 14.3. The molecule has 1 aliphatic rings. The summed E-state index contributed by atoms with van der Waals surface area (Å²) in [5, 5.41) is 10.0. The van der Waals surface area contributed by atoms with Crippen LogP contribution < -0.4 is 5.11 Å². The van der Waals surface area contributed by atoms with Gasteiger partial charge < -0.3 is 14.4 Å². The van der Waals surface area contributed by atoms with E-state index < -0.39 is 40.6 Å². The predicted octanol–water partition coefficient (Wildman–Crippen LogP) is 9.01. The summed E-state index contributed by atoms with van der Waals surface area (Å²) < 4.78 is 63.3. The first-order chi connectivity index (χ1) is 19.1. The molecular formula is C32H52F5NO2. The summed E-state index contributed by atoms with van der Waals surface area (Å²) in [5.74, 6) is -14.4. The van der Waals surface area contributed by atoms with Gasteiger partial charge in [-0.2, -0.15) is 0 Å². The Balaban J connectivity index is 0.000000479. The van der Waals surface area contributed by atoms with Crippen LogP contribution in [0.4, 0.5) is 22.0 Å². The van der Waals surface area contributed by atoms with Crippen molar-refractivity contribution in [3.8, 4) is 0 Å². The van der Waals surface area contributed by atoms with E-state index in [1.54, 1.807) is 0 Å². The molecular weight excluding hydrogens is 525 g/mol. The van der Waals surface area contributed by atoms with Crippen LogP contribution in [0.25, 0.3) is 0 Å². The Hall–Kier alpha value is -1.70. The van der Waals surface area contributed by atoms with Gasteiger partial charge in [0.15, 0.2) is 23.3 Å². The first kappa shape index (κ1) is 36.3. The van der Waals surface area contributed by atoms with E-state index in [4.69, 9.17) is 0 Å². The number of nitrogens with zero attached hydrogens (tertiary/aromatic N) is 1. The topological polar surface area (TPSA) is 40.1 Å². The molecule has 1 fully saturated rings. The lowest BCUT2D eigenvalue weighted by Gasteiger charge is -2.29. The largest absolute Gasteiger partial charge is 0.545 e. The van der Waals surface area contributed by atoms with Crippen LogP contribution in [0.1, 0.15) is 146 Å². The highest BCUT2D eigenvalue weighted by Crippen LogP contribution is 2.22. The Morgan fingerprint density at radius 1 is 0.575 bits per heavy atom. The smallest absolute Gasteiger partial charge is 0.200 e. The summed E-state index contributed by atoms with van der Waals surface area (Å²) in [5.41, 5.74) is -1.97. The van der Waals surface area contributed by atoms with E-state index in [9.17, 15) is 31.9 Å². The first-order valence-corrected chi connectivity index (χ1v) is 15.7. The number of carboxylic acids is 1. The van der Waals surface area contributed by atoms with Gasteiger partial charge in [0.1, 0.15) is 0 Å². The van der Waals surface area contributed by atoms with Gasteiger partial charge in [0.2, 0.25) is 5.82 Å². The molecule has 1 aliphatic heterocycles. The molecule has 0 saturated carbocycles. The molecule has 0 aliphatic carbocycles. The van der Waals surface area contributed by atoms with Gasteiger partial charge in [0, 0.05) is 12.8 Å². The van der Waals surface area contributed by atoms with Gasteiger partial charge in [-0.25, -0.2) is 22.0 Å². The number of aromatic carboxylic acids is 1. The van der Waals surface area contributed by atoms with Crippen molar-refractivity contribution in [1.82, 2.24) is 0 Å². The Bertz CT molecular complexity index is 814. The fourth-order valence-corrected chi connectivity index (χ4v) is 5.50. The summed E-state index contributed by atoms with van der Waals surface area (Å²) in [7, 11) is 2.47. The second-order valence-corrected chi connectivity index (χ2v) is 11.7. The van der Waals surface area contributed by atoms with Crippen molar-refractivity contribution in [2.75, 3.05) is 26.7 Å². The minimum absolute atomic E-state index is 1.37. The lowest BCUT2D eigenvalue weighted by atomic mass is 10.0. The molecule has 1 aromatic carbocycles. The molecule has 0 bridgehead atoms. The zero-order valence-corrected chi connectivity index (χ0v) is 24.9. The van der Waals surface area contributed by atoms with Crippen LogP contribution in [0, 0.1) is 29.1 Å². The lowest BCUT2D eigenvalue weighted by Crippen LogP contribution is -2.41. The van der Waals surface area contributed by atoms with E-state index in [0.717, 1.165) is 0 Å². The third-order valence-corrected chi connectivity index (χ3v) is 8.11. The molecule has 0 radical (unpaired) electrons. The molecule has 0 unspecified atom stereocenters. The Morgan fingerprint density at radius 2 is 0.875 bits per heavy atom. The van der Waals surface area contributed by atoms with Gasteiger partial charge in [0.25, 0.3) is 0 Å². The van der Waals surface area contributed by atoms with Crippen molar-refractivity contribution in [3.05, 3.63) is 34.6 Å². The molecule has 1 saturated heterocycles. The van der Waals surface area contributed by atoms with Gasteiger partial charge >= 0.3 is 0 Å². The molecule has 0 N–H and O–H groups in total. The number of rotatable bonds is 20. The number of quaternary nitrogens is 1. The van der Waals surface area contributed by atoms with Gasteiger partial charge in [-0.15, -0.1) is 0 Å². The molecule has 0 atom stereocenters. The summed E-state index contributed by atoms with van der Waals surface area (Å²) in [6, 6.07) is 0. The number of carboxylic acid groups (broad SMARTS) is 1. The monoisotopic (exact) mass is 577 g/mol. The quantitative estimate of drug-likeness (QED) is 0.0510. The average molecular weight is 578 g/mol. The number of halogens is 5. The van der Waals surface area contributed by atoms with E-state index in [0.29, 0.717) is 0 Å². The number of hydrogen-bond acceptors (Lipinski definition) is 2. The molecule has 8 heteroatoms. The lowest BCUT2D eigenvalue weighted by molar-refractivity contribution is -0.897. The maximum atomic E-state index is 12.5. The highest BCUT2D eigenvalue weighted by Gasteiger charge is 2.26. The van der Waals surface area contributed by atoms with Crippen molar-refractivity contribution in [2.24, 2.45) is 0 Å². The Morgan fingerprint density at radius 3 is 1.20 bits per heavy atom. The molecule has 232 valence electrons. The van der Waals surface area contributed by atoms with E-state index >= 15 is 0 Å². The molecule has 1 aromatic rings. The molecule has 40 heavy (non-hydrogen) atoms. The van der Waals surface area contributed by atoms with Crippen LogP contribution in [-0.2, 0) is 0 Å². The van der Waals surface area contributed by atoms with Crippen LogP contribution >= 0.6 is 0 Å². The van der Waals surface area contributed by atoms with Crippen molar-refractivity contribution < 1.29 is 36.3 Å². The molecule has 1 heterocycles. The maximum Gasteiger partial charge on any atom is 0.200 e. The summed E-state index contributed by atoms with van der Waals surface area (Å²) in [6.07, 6.45) is 29.5. The third-order valence-electron chi connectivity index (χ3n) is 8.11. The van der Waals surface area contributed by atoms with Gasteiger partial charge in [-0.1, -0.05) is 110 Å². The predicted molar refractivity (Wildman–Crippen MR) is 149 cm³/mol. The van der Waals surface area contributed by atoms with E-state index in [2.05, 4.69) is 14.0 Å². The standard InChI is InChI=1S/C25H52N.C7HF5O2/c1-3-4-5-6-7-8-9-10-11-12-13-14-15-16-17-18-19-20-23-26(2)24-21-22-25-26;8-2-1(7(13)14)3(9)5(11)6(12)4(2)10/h3-25H2,1-2H3;(H,13,14)/q+1;/p-1.